The average Bonchev–Trinajstić information content (AvgIpc) is 3.02. The molecule has 2 aromatic heterocycles. The largest absolute Gasteiger partial charge is 0.493 e. The number of imidazole rings is 1. The van der Waals surface area contributed by atoms with Crippen molar-refractivity contribution in [2.45, 2.75) is 33.9 Å². The van der Waals surface area contributed by atoms with Crippen LogP contribution in [0, 0.1) is 6.92 Å². The second-order valence-electron chi connectivity index (χ2n) is 7.49. The van der Waals surface area contributed by atoms with Gasteiger partial charge in [-0.1, -0.05) is 12.1 Å². The summed E-state index contributed by atoms with van der Waals surface area (Å²) in [4.78, 5) is 44.1. The van der Waals surface area contributed by atoms with Crippen LogP contribution in [-0.2, 0) is 13.1 Å². The first kappa shape index (κ1) is 22.5. The van der Waals surface area contributed by atoms with Crippen molar-refractivity contribution in [1.82, 2.24) is 18.7 Å². The molecule has 4 aromatic rings. The number of aliphatic imine (C=N–C) groups is 1. The van der Waals surface area contributed by atoms with Gasteiger partial charge < -0.3 is 5.11 Å². The minimum Gasteiger partial charge on any atom is -0.493 e. The van der Waals surface area contributed by atoms with E-state index in [1.165, 1.54) is 6.21 Å². The highest BCUT2D eigenvalue weighted by molar-refractivity contribution is 9.10. The van der Waals surface area contributed by atoms with Gasteiger partial charge in [0.1, 0.15) is 5.56 Å². The van der Waals surface area contributed by atoms with Crippen LogP contribution in [0.4, 0.5) is 5.69 Å². The molecule has 33 heavy (non-hydrogen) atoms. The quantitative estimate of drug-likeness (QED) is 0.400. The first-order chi connectivity index (χ1) is 15.8. The molecular weight excluding hydrogens is 490 g/mol. The first-order valence-electron chi connectivity index (χ1n) is 10.4. The lowest BCUT2D eigenvalue weighted by Crippen LogP contribution is -2.31. The molecule has 0 saturated carbocycles. The van der Waals surface area contributed by atoms with Crippen molar-refractivity contribution < 1.29 is 5.11 Å². The van der Waals surface area contributed by atoms with Crippen LogP contribution < -0.4 is 16.9 Å². The number of hydrogen-bond donors (Lipinski definition) is 2. The number of H-pyrrole nitrogens is 1. The van der Waals surface area contributed by atoms with Gasteiger partial charge in [-0.3, -0.25) is 23.9 Å². The molecule has 0 bridgehead atoms. The van der Waals surface area contributed by atoms with Crippen molar-refractivity contribution in [3.8, 4) is 11.6 Å². The van der Waals surface area contributed by atoms with Crippen molar-refractivity contribution >= 4 is 38.9 Å². The van der Waals surface area contributed by atoms with Gasteiger partial charge in [-0.15, -0.1) is 0 Å². The molecule has 2 N–H and O–H groups in total. The average molecular weight is 512 g/mol. The van der Waals surface area contributed by atoms with Gasteiger partial charge in [0.15, 0.2) is 0 Å². The number of fused-ring (bicyclic) bond motifs is 1. The molecule has 0 radical (unpaired) electrons. The zero-order valence-corrected chi connectivity index (χ0v) is 19.9. The van der Waals surface area contributed by atoms with Gasteiger partial charge in [-0.25, -0.2) is 14.2 Å². The minimum atomic E-state index is -0.759. The number of hydrogen-bond acceptors (Lipinski definition) is 5. The predicted molar refractivity (Wildman–Crippen MR) is 132 cm³/mol. The summed E-state index contributed by atoms with van der Waals surface area (Å²) >= 11 is 3.48. The lowest BCUT2D eigenvalue weighted by Gasteiger charge is -2.10. The number of nitrogens with zero attached hydrogens (tertiary/aromatic N) is 4. The van der Waals surface area contributed by atoms with Gasteiger partial charge in [0, 0.05) is 23.8 Å². The third-order valence-corrected chi connectivity index (χ3v) is 6.07. The summed E-state index contributed by atoms with van der Waals surface area (Å²) < 4.78 is 4.95. The van der Waals surface area contributed by atoms with Crippen LogP contribution >= 0.6 is 15.9 Å². The molecule has 0 saturated heterocycles. The maximum atomic E-state index is 12.6. The Morgan fingerprint density at radius 3 is 2.36 bits per heavy atom. The molecule has 9 nitrogen and oxygen atoms in total. The SMILES string of the molecule is CCn1c(=O)n(CC)c2cc(N=Cc3c(O)n(-c4cccc(C)c4)c(=O)[nH]c3=O)c(Br)cc21. The van der Waals surface area contributed by atoms with Gasteiger partial charge in [-0.05, 0) is 66.5 Å². The zero-order chi connectivity index (χ0) is 23.9. The summed E-state index contributed by atoms with van der Waals surface area (Å²) in [5.74, 6) is -0.516. The van der Waals surface area contributed by atoms with E-state index in [9.17, 15) is 19.5 Å². The van der Waals surface area contributed by atoms with Crippen LogP contribution in [0.3, 0.4) is 0 Å². The third kappa shape index (κ3) is 3.86. The van der Waals surface area contributed by atoms with Crippen LogP contribution in [0.1, 0.15) is 25.0 Å². The predicted octanol–water partition coefficient (Wildman–Crippen LogP) is 3.21. The lowest BCUT2D eigenvalue weighted by molar-refractivity contribution is 0.430. The van der Waals surface area contributed by atoms with E-state index in [2.05, 4.69) is 25.9 Å². The second kappa shape index (κ2) is 8.70. The van der Waals surface area contributed by atoms with Crippen LogP contribution in [-0.4, -0.2) is 30.0 Å². The molecule has 0 fully saturated rings. The highest BCUT2D eigenvalue weighted by Crippen LogP contribution is 2.31. The fraction of sp³-hybridized carbons (Fsp3) is 0.217. The fourth-order valence-electron chi connectivity index (χ4n) is 3.83. The summed E-state index contributed by atoms with van der Waals surface area (Å²) in [6.07, 6.45) is 1.21. The Morgan fingerprint density at radius 2 is 1.73 bits per heavy atom. The monoisotopic (exact) mass is 511 g/mol. The molecule has 4 rings (SSSR count). The molecular formula is C23H22BrN5O4. The van der Waals surface area contributed by atoms with E-state index in [0.29, 0.717) is 34.5 Å². The molecule has 2 aromatic carbocycles. The van der Waals surface area contributed by atoms with Gasteiger partial charge in [-0.2, -0.15) is 0 Å². The summed E-state index contributed by atoms with van der Waals surface area (Å²) in [5.41, 5.74) is 1.46. The molecule has 0 unspecified atom stereocenters. The van der Waals surface area contributed by atoms with E-state index in [4.69, 9.17) is 0 Å². The number of aromatic amines is 1. The van der Waals surface area contributed by atoms with Crippen LogP contribution in [0.2, 0.25) is 0 Å². The maximum absolute atomic E-state index is 12.6. The van der Waals surface area contributed by atoms with E-state index >= 15 is 0 Å². The highest BCUT2D eigenvalue weighted by atomic mass is 79.9. The Morgan fingerprint density at radius 1 is 1.06 bits per heavy atom. The van der Waals surface area contributed by atoms with E-state index in [0.717, 1.165) is 15.6 Å². The number of halogens is 1. The Hall–Kier alpha value is -3.66. The third-order valence-electron chi connectivity index (χ3n) is 5.43. The number of nitrogens with one attached hydrogen (secondary N) is 1. The molecule has 0 aliphatic carbocycles. The summed E-state index contributed by atoms with van der Waals surface area (Å²) in [7, 11) is 0. The Balaban J connectivity index is 1.87. The summed E-state index contributed by atoms with van der Waals surface area (Å²) in [6.45, 7) is 6.67. The Kier molecular flexibility index (Phi) is 5.94. The van der Waals surface area contributed by atoms with Crippen molar-refractivity contribution in [3.63, 3.8) is 0 Å². The van der Waals surface area contributed by atoms with E-state index < -0.39 is 17.1 Å². The van der Waals surface area contributed by atoms with Gasteiger partial charge in [0.2, 0.25) is 5.88 Å². The van der Waals surface area contributed by atoms with Gasteiger partial charge in [0.25, 0.3) is 5.56 Å². The van der Waals surface area contributed by atoms with Crippen LogP contribution in [0.15, 0.2) is 60.2 Å². The minimum absolute atomic E-state index is 0.109. The summed E-state index contributed by atoms with van der Waals surface area (Å²) in [5, 5.41) is 10.8. The Labute approximate surface area is 196 Å². The lowest BCUT2D eigenvalue weighted by atomic mass is 10.2. The van der Waals surface area contributed by atoms with E-state index in [1.54, 1.807) is 39.5 Å². The first-order valence-corrected chi connectivity index (χ1v) is 11.2. The standard InChI is InChI=1S/C23H22BrN5O4/c1-4-27-18-10-16(24)17(11-19(18)28(5-2)23(27)33)25-12-15-20(30)26-22(32)29(21(15)31)14-8-6-7-13(3)9-14/h6-12,31H,4-5H2,1-3H3,(H,26,30,32). The highest BCUT2D eigenvalue weighted by Gasteiger charge is 2.16. The molecule has 170 valence electrons. The van der Waals surface area contributed by atoms with Gasteiger partial charge >= 0.3 is 11.4 Å². The van der Waals surface area contributed by atoms with Crippen molar-refractivity contribution in [1.29, 1.82) is 0 Å². The van der Waals surface area contributed by atoms with Crippen LogP contribution in [0.25, 0.3) is 16.7 Å². The van der Waals surface area contributed by atoms with Crippen molar-refractivity contribution in [2.24, 2.45) is 4.99 Å². The number of aromatic nitrogens is 4. The molecule has 2 heterocycles. The molecule has 0 aliphatic rings. The number of aromatic hydroxyl groups is 1. The second-order valence-corrected chi connectivity index (χ2v) is 8.35. The van der Waals surface area contributed by atoms with Gasteiger partial charge in [0.05, 0.1) is 22.4 Å². The normalized spacial score (nSPS) is 11.6. The van der Waals surface area contributed by atoms with Crippen molar-refractivity contribution in [2.75, 3.05) is 0 Å². The molecule has 0 amide bonds. The molecule has 10 heteroatoms. The summed E-state index contributed by atoms with van der Waals surface area (Å²) in [6, 6.07) is 10.5. The topological polar surface area (TPSA) is 114 Å². The Bertz CT molecular complexity index is 1590. The maximum Gasteiger partial charge on any atom is 0.335 e. The fourth-order valence-corrected chi connectivity index (χ4v) is 4.26. The smallest absolute Gasteiger partial charge is 0.335 e. The molecule has 0 spiro atoms. The van der Waals surface area contributed by atoms with Crippen LogP contribution in [0.5, 0.6) is 5.88 Å². The molecule has 0 aliphatic heterocycles. The van der Waals surface area contributed by atoms with E-state index in [-0.39, 0.29) is 11.3 Å². The number of benzene rings is 2. The number of rotatable bonds is 5. The van der Waals surface area contributed by atoms with Crippen molar-refractivity contribution in [3.05, 3.63) is 83.3 Å². The zero-order valence-electron chi connectivity index (χ0n) is 18.3. The number of aryl methyl sites for hydroxylation is 3. The molecule has 0 atom stereocenters. The van der Waals surface area contributed by atoms with E-state index in [1.807, 2.05) is 26.8 Å².